The van der Waals surface area contributed by atoms with E-state index in [1.54, 1.807) is 11.3 Å². The molecule has 0 fully saturated rings. The fourth-order valence-electron chi connectivity index (χ4n) is 1.42. The van der Waals surface area contributed by atoms with Gasteiger partial charge in [0.15, 0.2) is 0 Å². The third kappa shape index (κ3) is 2.07. The quantitative estimate of drug-likeness (QED) is 0.818. The predicted molar refractivity (Wildman–Crippen MR) is 62.8 cm³/mol. The topological polar surface area (TPSA) is 17.8 Å². The number of aromatic nitrogens is 2. The standard InChI is InChI=1S/C10H11BrN2S/c1-7-3-8(2)13(12-7)5-10-4-9(11)6-14-10/h3-4,6H,5H2,1-2H3. The molecule has 0 aliphatic rings. The summed E-state index contributed by atoms with van der Waals surface area (Å²) in [4.78, 5) is 1.32. The molecule has 0 spiro atoms. The van der Waals surface area contributed by atoms with Gasteiger partial charge in [-0.2, -0.15) is 5.10 Å². The number of aryl methyl sites for hydroxylation is 2. The van der Waals surface area contributed by atoms with E-state index < -0.39 is 0 Å². The molecular weight excluding hydrogens is 260 g/mol. The van der Waals surface area contributed by atoms with Gasteiger partial charge in [0, 0.05) is 20.4 Å². The molecule has 0 N–H and O–H groups in total. The fraction of sp³-hybridized carbons (Fsp3) is 0.300. The number of halogens is 1. The van der Waals surface area contributed by atoms with E-state index in [2.05, 4.69) is 45.5 Å². The van der Waals surface area contributed by atoms with Crippen molar-refractivity contribution in [1.82, 2.24) is 9.78 Å². The lowest BCUT2D eigenvalue weighted by Crippen LogP contribution is -2.02. The highest BCUT2D eigenvalue weighted by Gasteiger charge is 2.03. The largest absolute Gasteiger partial charge is 0.264 e. The molecule has 2 nitrogen and oxygen atoms in total. The van der Waals surface area contributed by atoms with Crippen molar-refractivity contribution in [3.05, 3.63) is 38.3 Å². The van der Waals surface area contributed by atoms with Crippen LogP contribution in [-0.4, -0.2) is 9.78 Å². The highest BCUT2D eigenvalue weighted by molar-refractivity contribution is 9.10. The first-order chi connectivity index (χ1) is 6.65. The van der Waals surface area contributed by atoms with E-state index in [0.29, 0.717) is 0 Å². The Morgan fingerprint density at radius 3 is 2.71 bits per heavy atom. The highest BCUT2D eigenvalue weighted by Crippen LogP contribution is 2.20. The van der Waals surface area contributed by atoms with Crippen molar-refractivity contribution in [3.8, 4) is 0 Å². The second-order valence-corrected chi connectivity index (χ2v) is 5.23. The minimum Gasteiger partial charge on any atom is -0.264 e. The molecule has 2 rings (SSSR count). The molecule has 14 heavy (non-hydrogen) atoms. The Balaban J connectivity index is 2.22. The molecule has 0 atom stereocenters. The molecule has 2 heterocycles. The zero-order chi connectivity index (χ0) is 10.1. The molecule has 0 unspecified atom stereocenters. The second-order valence-electron chi connectivity index (χ2n) is 3.32. The van der Waals surface area contributed by atoms with Crippen LogP contribution in [0.1, 0.15) is 16.3 Å². The smallest absolute Gasteiger partial charge is 0.0755 e. The zero-order valence-corrected chi connectivity index (χ0v) is 10.5. The van der Waals surface area contributed by atoms with Crippen molar-refractivity contribution in [1.29, 1.82) is 0 Å². The van der Waals surface area contributed by atoms with Gasteiger partial charge in [-0.25, -0.2) is 0 Å². The molecule has 0 amide bonds. The molecule has 0 bridgehead atoms. The van der Waals surface area contributed by atoms with Gasteiger partial charge in [-0.1, -0.05) is 0 Å². The van der Waals surface area contributed by atoms with E-state index in [1.165, 1.54) is 10.6 Å². The average Bonchev–Trinajstić information content (AvgIpc) is 2.61. The molecule has 0 radical (unpaired) electrons. The van der Waals surface area contributed by atoms with E-state index in [9.17, 15) is 0 Å². The van der Waals surface area contributed by atoms with Crippen LogP contribution in [0.15, 0.2) is 22.0 Å². The lowest BCUT2D eigenvalue weighted by atomic mass is 10.4. The van der Waals surface area contributed by atoms with Crippen LogP contribution < -0.4 is 0 Å². The Morgan fingerprint density at radius 2 is 2.21 bits per heavy atom. The van der Waals surface area contributed by atoms with E-state index in [1.807, 2.05) is 11.6 Å². The third-order valence-electron chi connectivity index (χ3n) is 2.03. The van der Waals surface area contributed by atoms with Crippen molar-refractivity contribution in [3.63, 3.8) is 0 Å². The number of nitrogens with zero attached hydrogens (tertiary/aromatic N) is 2. The van der Waals surface area contributed by atoms with Crippen LogP contribution in [0.25, 0.3) is 0 Å². The molecule has 0 aromatic carbocycles. The fourth-order valence-corrected chi connectivity index (χ4v) is 2.85. The van der Waals surface area contributed by atoms with E-state index in [-0.39, 0.29) is 0 Å². The summed E-state index contributed by atoms with van der Waals surface area (Å²) >= 11 is 5.20. The number of rotatable bonds is 2. The second kappa shape index (κ2) is 3.87. The molecule has 4 heteroatoms. The van der Waals surface area contributed by atoms with Crippen LogP contribution in [0.3, 0.4) is 0 Å². The van der Waals surface area contributed by atoms with Crippen LogP contribution in [0, 0.1) is 13.8 Å². The van der Waals surface area contributed by atoms with Gasteiger partial charge >= 0.3 is 0 Å². The maximum atomic E-state index is 4.42. The summed E-state index contributed by atoms with van der Waals surface area (Å²) in [5.41, 5.74) is 2.30. The summed E-state index contributed by atoms with van der Waals surface area (Å²) in [5.74, 6) is 0. The first-order valence-electron chi connectivity index (χ1n) is 4.39. The van der Waals surface area contributed by atoms with Gasteiger partial charge in [0.1, 0.15) is 0 Å². The van der Waals surface area contributed by atoms with Gasteiger partial charge in [0.25, 0.3) is 0 Å². The average molecular weight is 271 g/mol. The lowest BCUT2D eigenvalue weighted by molar-refractivity contribution is 0.666. The molecule has 74 valence electrons. The summed E-state index contributed by atoms with van der Waals surface area (Å²) in [6.07, 6.45) is 0. The van der Waals surface area contributed by atoms with Gasteiger partial charge in [-0.05, 0) is 41.9 Å². The van der Waals surface area contributed by atoms with Crippen LogP contribution in [0.5, 0.6) is 0 Å². The molecule has 2 aromatic rings. The lowest BCUT2D eigenvalue weighted by Gasteiger charge is -2.00. The summed E-state index contributed by atoms with van der Waals surface area (Å²) in [5, 5.41) is 6.52. The molecule has 0 aliphatic carbocycles. The van der Waals surface area contributed by atoms with Gasteiger partial charge in [0.05, 0.1) is 12.2 Å². The summed E-state index contributed by atoms with van der Waals surface area (Å²) in [7, 11) is 0. The summed E-state index contributed by atoms with van der Waals surface area (Å²) in [6, 6.07) is 4.24. The third-order valence-corrected chi connectivity index (χ3v) is 3.71. The highest BCUT2D eigenvalue weighted by atomic mass is 79.9. The first kappa shape index (κ1) is 9.93. The Labute approximate surface area is 95.7 Å². The van der Waals surface area contributed by atoms with E-state index >= 15 is 0 Å². The molecule has 0 saturated carbocycles. The Morgan fingerprint density at radius 1 is 1.43 bits per heavy atom. The van der Waals surface area contributed by atoms with Crippen molar-refractivity contribution in [2.24, 2.45) is 0 Å². The van der Waals surface area contributed by atoms with Crippen LogP contribution in [0.2, 0.25) is 0 Å². The zero-order valence-electron chi connectivity index (χ0n) is 8.12. The molecule has 0 saturated heterocycles. The van der Waals surface area contributed by atoms with Crippen molar-refractivity contribution in [2.45, 2.75) is 20.4 Å². The number of hydrogen-bond acceptors (Lipinski definition) is 2. The summed E-state index contributed by atoms with van der Waals surface area (Å²) in [6.45, 7) is 4.98. The first-order valence-corrected chi connectivity index (χ1v) is 6.06. The van der Waals surface area contributed by atoms with Gasteiger partial charge in [-0.3, -0.25) is 4.68 Å². The monoisotopic (exact) mass is 270 g/mol. The van der Waals surface area contributed by atoms with Gasteiger partial charge in [0.2, 0.25) is 0 Å². The van der Waals surface area contributed by atoms with Crippen LogP contribution in [0.4, 0.5) is 0 Å². The molecule has 2 aromatic heterocycles. The van der Waals surface area contributed by atoms with Crippen molar-refractivity contribution < 1.29 is 0 Å². The normalized spacial score (nSPS) is 10.8. The van der Waals surface area contributed by atoms with Crippen LogP contribution in [-0.2, 0) is 6.54 Å². The Bertz CT molecular complexity index is 445. The number of hydrogen-bond donors (Lipinski definition) is 0. The van der Waals surface area contributed by atoms with Gasteiger partial charge < -0.3 is 0 Å². The predicted octanol–water partition coefficient (Wildman–Crippen LogP) is 3.37. The van der Waals surface area contributed by atoms with E-state index in [0.717, 1.165) is 16.7 Å². The summed E-state index contributed by atoms with van der Waals surface area (Å²) < 4.78 is 3.19. The van der Waals surface area contributed by atoms with E-state index in [4.69, 9.17) is 0 Å². The van der Waals surface area contributed by atoms with Crippen molar-refractivity contribution >= 4 is 27.3 Å². The minimum absolute atomic E-state index is 0.871. The Hall–Kier alpha value is -0.610. The maximum absolute atomic E-state index is 4.42. The van der Waals surface area contributed by atoms with Crippen LogP contribution >= 0.6 is 27.3 Å². The maximum Gasteiger partial charge on any atom is 0.0755 e. The Kier molecular flexibility index (Phi) is 2.74. The molecule has 0 aliphatic heterocycles. The molecular formula is C10H11BrN2S. The SMILES string of the molecule is Cc1cc(C)n(Cc2cc(Br)cs2)n1. The van der Waals surface area contributed by atoms with Crippen molar-refractivity contribution in [2.75, 3.05) is 0 Å². The minimum atomic E-state index is 0.871. The number of thiophene rings is 1. The van der Waals surface area contributed by atoms with Gasteiger partial charge in [-0.15, -0.1) is 11.3 Å².